The van der Waals surface area contributed by atoms with Crippen molar-refractivity contribution in [1.29, 1.82) is 0 Å². The number of carbonyl (C=O) groups is 1. The van der Waals surface area contributed by atoms with E-state index in [1.165, 1.54) is 23.3 Å². The minimum atomic E-state index is -1.48. The minimum absolute atomic E-state index is 0.347. The second-order valence-electron chi connectivity index (χ2n) is 7.60. The quantitative estimate of drug-likeness (QED) is 0.617. The lowest BCUT2D eigenvalue weighted by Crippen LogP contribution is -2.17. The second-order valence-corrected chi connectivity index (χ2v) is 8.66. The molecule has 0 spiro atoms. The third-order valence-electron chi connectivity index (χ3n) is 5.69. The maximum Gasteiger partial charge on any atom is 0.214 e. The standard InChI is InChI=1S/C15H12F2.C9H10N2O2S/c16-13-6-7-15(17)14(9-13)12-5-4-10-2-1-3-11(10)8-12;10-14(13)8-2-1-7-3-4-11(6-12)9(7)5-8/h4-9H,1-3H2;1-2,5-6H,3-4,10H2. The summed E-state index contributed by atoms with van der Waals surface area (Å²) in [7, 11) is -1.48. The van der Waals surface area contributed by atoms with Gasteiger partial charge in [0.1, 0.15) is 22.6 Å². The van der Waals surface area contributed by atoms with Gasteiger partial charge in [-0.15, -0.1) is 0 Å². The first-order valence-electron chi connectivity index (χ1n) is 10.0. The first-order valence-corrected chi connectivity index (χ1v) is 11.3. The van der Waals surface area contributed by atoms with Crippen molar-refractivity contribution in [2.45, 2.75) is 30.6 Å². The van der Waals surface area contributed by atoms with Gasteiger partial charge in [-0.3, -0.25) is 4.79 Å². The summed E-state index contributed by atoms with van der Waals surface area (Å²) in [6.45, 7) is 0.694. The molecule has 0 radical (unpaired) electrons. The molecule has 1 amide bonds. The van der Waals surface area contributed by atoms with Gasteiger partial charge in [0.05, 0.1) is 4.90 Å². The van der Waals surface area contributed by atoms with Crippen LogP contribution in [-0.4, -0.2) is 17.2 Å². The zero-order valence-corrected chi connectivity index (χ0v) is 17.6. The van der Waals surface area contributed by atoms with Crippen LogP contribution in [0, 0.1) is 11.6 Å². The molecular formula is C24H22F2N2O2S. The highest BCUT2D eigenvalue weighted by Gasteiger charge is 2.19. The molecule has 2 aliphatic rings. The Labute approximate surface area is 182 Å². The average Bonchev–Trinajstić information content (AvgIpc) is 3.41. The predicted octanol–water partition coefficient (Wildman–Crippen LogP) is 4.31. The van der Waals surface area contributed by atoms with E-state index in [0.29, 0.717) is 17.0 Å². The lowest BCUT2D eigenvalue weighted by atomic mass is 10.00. The number of fused-ring (bicyclic) bond motifs is 2. The van der Waals surface area contributed by atoms with Gasteiger partial charge in [-0.2, -0.15) is 0 Å². The Morgan fingerprint density at radius 3 is 2.45 bits per heavy atom. The number of rotatable bonds is 3. The van der Waals surface area contributed by atoms with Crippen molar-refractivity contribution in [2.24, 2.45) is 5.14 Å². The second kappa shape index (κ2) is 9.08. The van der Waals surface area contributed by atoms with E-state index in [4.69, 9.17) is 5.14 Å². The number of nitrogens with zero attached hydrogens (tertiary/aromatic N) is 1. The van der Waals surface area contributed by atoms with Crippen LogP contribution in [0.2, 0.25) is 0 Å². The van der Waals surface area contributed by atoms with E-state index in [1.54, 1.807) is 17.0 Å². The van der Waals surface area contributed by atoms with Crippen LogP contribution in [0.4, 0.5) is 14.5 Å². The summed E-state index contributed by atoms with van der Waals surface area (Å²) in [6.07, 6.45) is 4.94. The van der Waals surface area contributed by atoms with E-state index in [-0.39, 0.29) is 5.82 Å². The Morgan fingerprint density at radius 2 is 1.68 bits per heavy atom. The first-order chi connectivity index (χ1) is 15.0. The number of amides is 1. The number of halogens is 2. The molecule has 1 atom stereocenters. The third-order valence-corrected chi connectivity index (χ3v) is 6.40. The minimum Gasteiger partial charge on any atom is -0.314 e. The molecule has 4 nitrogen and oxygen atoms in total. The Bertz CT molecular complexity index is 1170. The predicted molar refractivity (Wildman–Crippen MR) is 118 cm³/mol. The number of hydrogen-bond donors (Lipinski definition) is 1. The van der Waals surface area contributed by atoms with Gasteiger partial charge in [0, 0.05) is 17.8 Å². The van der Waals surface area contributed by atoms with Gasteiger partial charge in [-0.1, -0.05) is 24.3 Å². The van der Waals surface area contributed by atoms with Gasteiger partial charge in [0.15, 0.2) is 0 Å². The molecule has 0 saturated carbocycles. The molecule has 31 heavy (non-hydrogen) atoms. The van der Waals surface area contributed by atoms with Gasteiger partial charge in [0.2, 0.25) is 6.41 Å². The van der Waals surface area contributed by atoms with Crippen molar-refractivity contribution in [2.75, 3.05) is 11.4 Å². The molecule has 0 fully saturated rings. The van der Waals surface area contributed by atoms with Crippen LogP contribution in [-0.2, 0) is 35.0 Å². The number of benzene rings is 3. The molecule has 1 aliphatic carbocycles. The maximum atomic E-state index is 13.6. The van der Waals surface area contributed by atoms with Crippen LogP contribution < -0.4 is 10.0 Å². The van der Waals surface area contributed by atoms with Crippen LogP contribution in [0.5, 0.6) is 0 Å². The van der Waals surface area contributed by atoms with Crippen molar-refractivity contribution in [1.82, 2.24) is 0 Å². The van der Waals surface area contributed by atoms with Crippen molar-refractivity contribution in [3.8, 4) is 11.1 Å². The van der Waals surface area contributed by atoms with Gasteiger partial charge in [0.25, 0.3) is 0 Å². The van der Waals surface area contributed by atoms with Gasteiger partial charge >= 0.3 is 0 Å². The Hall–Kier alpha value is -2.90. The number of nitrogens with two attached hydrogens (primary N) is 1. The van der Waals surface area contributed by atoms with Gasteiger partial charge < -0.3 is 4.90 Å². The number of hydrogen-bond acceptors (Lipinski definition) is 2. The Kier molecular flexibility index (Phi) is 6.25. The number of aryl methyl sites for hydroxylation is 2. The van der Waals surface area contributed by atoms with E-state index in [2.05, 4.69) is 0 Å². The summed E-state index contributed by atoms with van der Waals surface area (Å²) in [5.74, 6) is -0.772. The summed E-state index contributed by atoms with van der Waals surface area (Å²) >= 11 is 0. The molecule has 3 aromatic carbocycles. The molecule has 0 aromatic heterocycles. The summed E-state index contributed by atoms with van der Waals surface area (Å²) in [6, 6.07) is 14.8. The van der Waals surface area contributed by atoms with Crippen LogP contribution >= 0.6 is 0 Å². The monoisotopic (exact) mass is 440 g/mol. The zero-order chi connectivity index (χ0) is 22.0. The molecule has 1 unspecified atom stereocenters. The highest BCUT2D eigenvalue weighted by atomic mass is 32.2. The normalized spacial score (nSPS) is 15.0. The van der Waals surface area contributed by atoms with E-state index in [0.717, 1.165) is 55.0 Å². The molecule has 7 heteroatoms. The zero-order valence-electron chi connectivity index (χ0n) is 16.8. The topological polar surface area (TPSA) is 63.4 Å². The molecular weight excluding hydrogens is 418 g/mol. The summed E-state index contributed by atoms with van der Waals surface area (Å²) < 4.78 is 37.8. The van der Waals surface area contributed by atoms with Crippen LogP contribution in [0.15, 0.2) is 59.5 Å². The van der Waals surface area contributed by atoms with E-state index < -0.39 is 16.8 Å². The highest BCUT2D eigenvalue weighted by Crippen LogP contribution is 2.30. The van der Waals surface area contributed by atoms with Crippen molar-refractivity contribution in [3.63, 3.8) is 0 Å². The molecule has 0 saturated heterocycles. The fourth-order valence-electron chi connectivity index (χ4n) is 4.08. The molecule has 1 heterocycles. The lowest BCUT2D eigenvalue weighted by molar-refractivity contribution is -0.107. The Balaban J connectivity index is 0.000000152. The largest absolute Gasteiger partial charge is 0.314 e. The molecule has 3 aromatic rings. The van der Waals surface area contributed by atoms with E-state index in [1.807, 2.05) is 24.3 Å². The first kappa shape index (κ1) is 21.3. The van der Waals surface area contributed by atoms with E-state index in [9.17, 15) is 17.8 Å². The van der Waals surface area contributed by atoms with E-state index >= 15 is 0 Å². The highest BCUT2D eigenvalue weighted by molar-refractivity contribution is 7.82. The summed E-state index contributed by atoms with van der Waals surface area (Å²) in [4.78, 5) is 12.8. The lowest BCUT2D eigenvalue weighted by Gasteiger charge is -2.10. The summed E-state index contributed by atoms with van der Waals surface area (Å²) in [5, 5.41) is 5.26. The molecule has 5 rings (SSSR count). The van der Waals surface area contributed by atoms with Crippen molar-refractivity contribution < 1.29 is 17.8 Å². The SMILES string of the molecule is Fc1ccc(F)c(-c2ccc3c(c2)CCC3)c1.NS(=O)c1ccc2c(c1)N(C=O)CC2. The van der Waals surface area contributed by atoms with Gasteiger partial charge in [-0.05, 0) is 78.3 Å². The maximum absolute atomic E-state index is 13.6. The smallest absolute Gasteiger partial charge is 0.214 e. The molecule has 1 aliphatic heterocycles. The van der Waals surface area contributed by atoms with Crippen molar-refractivity contribution >= 4 is 23.1 Å². The third kappa shape index (κ3) is 4.57. The van der Waals surface area contributed by atoms with Crippen LogP contribution in [0.3, 0.4) is 0 Å². The molecule has 160 valence electrons. The van der Waals surface area contributed by atoms with Crippen LogP contribution in [0.25, 0.3) is 11.1 Å². The fourth-order valence-corrected chi connectivity index (χ4v) is 4.51. The number of carbonyl (C=O) groups excluding carboxylic acids is 1. The summed E-state index contributed by atoms with van der Waals surface area (Å²) in [5.41, 5.74) is 5.65. The van der Waals surface area contributed by atoms with Gasteiger partial charge in [-0.25, -0.2) is 18.1 Å². The fraction of sp³-hybridized carbons (Fsp3) is 0.208. The van der Waals surface area contributed by atoms with Crippen molar-refractivity contribution in [3.05, 3.63) is 82.9 Å². The molecule has 2 N–H and O–H groups in total. The van der Waals surface area contributed by atoms with Crippen LogP contribution in [0.1, 0.15) is 23.1 Å². The Morgan fingerprint density at radius 1 is 0.903 bits per heavy atom. The average molecular weight is 441 g/mol. The molecule has 0 bridgehead atoms. The number of anilines is 1.